The van der Waals surface area contributed by atoms with E-state index < -0.39 is 0 Å². The van der Waals surface area contributed by atoms with Gasteiger partial charge >= 0.3 is 0 Å². The molecule has 0 radical (unpaired) electrons. The summed E-state index contributed by atoms with van der Waals surface area (Å²) >= 11 is 6.01. The Morgan fingerprint density at radius 2 is 1.55 bits per heavy atom. The van der Waals surface area contributed by atoms with Crippen LogP contribution in [0.2, 0.25) is 5.02 Å². The quantitative estimate of drug-likeness (QED) is 0.356. The summed E-state index contributed by atoms with van der Waals surface area (Å²) in [6, 6.07) is 27.0. The molecule has 4 rings (SSSR count). The second-order valence-electron chi connectivity index (χ2n) is 7.16. The van der Waals surface area contributed by atoms with Crippen LogP contribution in [0.4, 0.5) is 5.69 Å². The van der Waals surface area contributed by atoms with Gasteiger partial charge in [-0.2, -0.15) is 0 Å². The molecule has 0 amide bonds. The van der Waals surface area contributed by atoms with E-state index >= 15 is 0 Å². The van der Waals surface area contributed by atoms with E-state index in [2.05, 4.69) is 71.8 Å². The molecule has 0 aliphatic heterocycles. The molecule has 0 saturated carbocycles. The molecule has 0 unspecified atom stereocenters. The summed E-state index contributed by atoms with van der Waals surface area (Å²) in [6.45, 7) is 4.24. The predicted octanol–water partition coefficient (Wildman–Crippen LogP) is 7.27. The van der Waals surface area contributed by atoms with Crippen molar-refractivity contribution in [3.63, 3.8) is 0 Å². The highest BCUT2D eigenvalue weighted by Gasteiger charge is 2.12. The Bertz CT molecular complexity index is 1070. The highest BCUT2D eigenvalue weighted by molar-refractivity contribution is 6.30. The molecule has 3 nitrogen and oxygen atoms in total. The van der Waals surface area contributed by atoms with Crippen LogP contribution in [0.5, 0.6) is 0 Å². The summed E-state index contributed by atoms with van der Waals surface area (Å²) in [5.41, 5.74) is 6.51. The van der Waals surface area contributed by atoms with Gasteiger partial charge in [-0.15, -0.1) is 0 Å². The largest absolute Gasteiger partial charge is 0.378 e. The highest BCUT2D eigenvalue weighted by atomic mass is 35.5. The number of benzene rings is 3. The molecule has 0 aliphatic rings. The van der Waals surface area contributed by atoms with Crippen molar-refractivity contribution < 1.29 is 0 Å². The van der Waals surface area contributed by atoms with Gasteiger partial charge in [0.15, 0.2) is 0 Å². The number of nitrogens with one attached hydrogen (secondary N) is 2. The van der Waals surface area contributed by atoms with E-state index in [1.54, 1.807) is 0 Å². The van der Waals surface area contributed by atoms with Crippen LogP contribution in [0.25, 0.3) is 22.6 Å². The first kappa shape index (κ1) is 19.3. The highest BCUT2D eigenvalue weighted by Crippen LogP contribution is 2.28. The zero-order valence-electron chi connectivity index (χ0n) is 16.6. The van der Waals surface area contributed by atoms with Gasteiger partial charge in [-0.1, -0.05) is 61.0 Å². The first-order valence-electron chi connectivity index (χ1n) is 9.88. The monoisotopic (exact) mass is 401 g/mol. The van der Waals surface area contributed by atoms with Crippen LogP contribution >= 0.6 is 11.6 Å². The summed E-state index contributed by atoms with van der Waals surface area (Å²) in [4.78, 5) is 8.22. The SMILES string of the molecule is CC[C@H](Nc1ccc(-c2nc(-c3ccc(Cl)cc3)c(C)[nH]2)cc1)c1ccccc1. The molecule has 0 bridgehead atoms. The maximum absolute atomic E-state index is 6.01. The van der Waals surface area contributed by atoms with Crippen molar-refractivity contribution in [3.05, 3.63) is 95.1 Å². The molecule has 0 saturated heterocycles. The topological polar surface area (TPSA) is 40.7 Å². The van der Waals surface area contributed by atoms with E-state index in [0.717, 1.165) is 45.5 Å². The molecule has 1 atom stereocenters. The lowest BCUT2D eigenvalue weighted by Crippen LogP contribution is -2.09. The fourth-order valence-electron chi connectivity index (χ4n) is 3.52. The molecule has 2 N–H and O–H groups in total. The van der Waals surface area contributed by atoms with Crippen molar-refractivity contribution in [2.24, 2.45) is 0 Å². The first-order valence-corrected chi connectivity index (χ1v) is 10.3. The molecule has 146 valence electrons. The van der Waals surface area contributed by atoms with E-state index in [0.29, 0.717) is 6.04 Å². The molecule has 1 heterocycles. The summed E-state index contributed by atoms with van der Waals surface area (Å²) < 4.78 is 0. The van der Waals surface area contributed by atoms with Crippen LogP contribution in [0.1, 0.15) is 30.6 Å². The molecule has 3 aromatic carbocycles. The fraction of sp³-hybridized carbons (Fsp3) is 0.160. The Morgan fingerprint density at radius 3 is 2.21 bits per heavy atom. The second-order valence-corrected chi connectivity index (χ2v) is 7.60. The van der Waals surface area contributed by atoms with Gasteiger partial charge in [-0.05, 0) is 55.3 Å². The lowest BCUT2D eigenvalue weighted by atomic mass is 10.0. The number of rotatable bonds is 6. The Morgan fingerprint density at radius 1 is 0.897 bits per heavy atom. The fourth-order valence-corrected chi connectivity index (χ4v) is 3.64. The minimum Gasteiger partial charge on any atom is -0.378 e. The lowest BCUT2D eigenvalue weighted by Gasteiger charge is -2.19. The molecule has 0 aliphatic carbocycles. The van der Waals surface area contributed by atoms with Crippen LogP contribution in [-0.4, -0.2) is 9.97 Å². The van der Waals surface area contributed by atoms with Crippen molar-refractivity contribution in [2.45, 2.75) is 26.3 Å². The smallest absolute Gasteiger partial charge is 0.138 e. The number of aryl methyl sites for hydroxylation is 1. The second kappa shape index (κ2) is 8.54. The molecule has 4 aromatic rings. The molecular weight excluding hydrogens is 378 g/mol. The number of anilines is 1. The van der Waals surface area contributed by atoms with E-state index in [1.807, 2.05) is 31.2 Å². The van der Waals surface area contributed by atoms with Crippen LogP contribution in [0, 0.1) is 6.92 Å². The normalized spacial score (nSPS) is 12.0. The Labute approximate surface area is 176 Å². The number of nitrogens with zero attached hydrogens (tertiary/aromatic N) is 1. The van der Waals surface area contributed by atoms with Gasteiger partial charge in [0.25, 0.3) is 0 Å². The Kier molecular flexibility index (Phi) is 5.68. The van der Waals surface area contributed by atoms with Crippen molar-refractivity contribution >= 4 is 17.3 Å². The number of imidazole rings is 1. The third kappa shape index (κ3) is 4.36. The summed E-state index contributed by atoms with van der Waals surface area (Å²) in [5, 5.41) is 4.36. The van der Waals surface area contributed by atoms with Crippen LogP contribution in [0.15, 0.2) is 78.9 Å². The average Bonchev–Trinajstić information content (AvgIpc) is 3.15. The number of hydrogen-bond acceptors (Lipinski definition) is 2. The maximum atomic E-state index is 6.01. The van der Waals surface area contributed by atoms with Crippen LogP contribution in [0.3, 0.4) is 0 Å². The summed E-state index contributed by atoms with van der Waals surface area (Å²) in [7, 11) is 0. The van der Waals surface area contributed by atoms with Crippen LogP contribution < -0.4 is 5.32 Å². The van der Waals surface area contributed by atoms with Gasteiger partial charge in [0, 0.05) is 27.5 Å². The zero-order chi connectivity index (χ0) is 20.2. The van der Waals surface area contributed by atoms with Gasteiger partial charge in [0.05, 0.1) is 11.7 Å². The minimum atomic E-state index is 0.296. The van der Waals surface area contributed by atoms with Gasteiger partial charge in [0.1, 0.15) is 5.82 Å². The molecule has 1 aromatic heterocycles. The molecule has 29 heavy (non-hydrogen) atoms. The van der Waals surface area contributed by atoms with Crippen molar-refractivity contribution in [3.8, 4) is 22.6 Å². The van der Waals surface area contributed by atoms with Crippen molar-refractivity contribution in [2.75, 3.05) is 5.32 Å². The van der Waals surface area contributed by atoms with Crippen molar-refractivity contribution in [1.82, 2.24) is 9.97 Å². The van der Waals surface area contributed by atoms with E-state index in [9.17, 15) is 0 Å². The standard InChI is InChI=1S/C25H24ClN3/c1-3-23(18-7-5-4-6-8-18)28-22-15-11-20(12-16-22)25-27-17(2)24(29-25)19-9-13-21(26)14-10-19/h4-16,23,28H,3H2,1-2H3,(H,27,29)/t23-/m0/s1. The summed E-state index contributed by atoms with van der Waals surface area (Å²) in [6.07, 6.45) is 1.02. The molecule has 4 heteroatoms. The predicted molar refractivity (Wildman–Crippen MR) is 122 cm³/mol. The van der Waals surface area contributed by atoms with E-state index in [-0.39, 0.29) is 0 Å². The minimum absolute atomic E-state index is 0.296. The number of H-pyrrole nitrogens is 1. The number of hydrogen-bond donors (Lipinski definition) is 2. The number of aromatic amines is 1. The Balaban J connectivity index is 1.54. The third-order valence-electron chi connectivity index (χ3n) is 5.11. The zero-order valence-corrected chi connectivity index (χ0v) is 17.4. The Hall–Kier alpha value is -3.04. The van der Waals surface area contributed by atoms with E-state index in [1.165, 1.54) is 5.56 Å². The van der Waals surface area contributed by atoms with E-state index in [4.69, 9.17) is 16.6 Å². The lowest BCUT2D eigenvalue weighted by molar-refractivity contribution is 0.749. The average molecular weight is 402 g/mol. The molecular formula is C25H24ClN3. The van der Waals surface area contributed by atoms with Gasteiger partial charge < -0.3 is 10.3 Å². The van der Waals surface area contributed by atoms with Gasteiger partial charge in [-0.3, -0.25) is 0 Å². The number of aromatic nitrogens is 2. The van der Waals surface area contributed by atoms with Crippen LogP contribution in [-0.2, 0) is 0 Å². The first-order chi connectivity index (χ1) is 14.1. The molecule has 0 spiro atoms. The van der Waals surface area contributed by atoms with Gasteiger partial charge in [-0.25, -0.2) is 4.98 Å². The molecule has 0 fully saturated rings. The number of halogens is 1. The van der Waals surface area contributed by atoms with Gasteiger partial charge in [0.2, 0.25) is 0 Å². The summed E-state index contributed by atoms with van der Waals surface area (Å²) in [5.74, 6) is 0.870. The third-order valence-corrected chi connectivity index (χ3v) is 5.36. The van der Waals surface area contributed by atoms with Crippen molar-refractivity contribution in [1.29, 1.82) is 0 Å². The maximum Gasteiger partial charge on any atom is 0.138 e.